The second-order valence-corrected chi connectivity index (χ2v) is 16.7. The van der Waals surface area contributed by atoms with E-state index in [1.165, 1.54) is 95.0 Å². The molecule has 54 heavy (non-hydrogen) atoms. The standard InChI is InChI=1S/C53H47N/c1-7-53(8-2)46-25-15-10-18-36(46)38-30-28-35(33-48(38)53)54(34-29-31-45-42(32-34)37-19-9-13-23-43(37)51(45,3)4)49-27-16-12-20-39(49)40-22-17-26-47-50(40)41-21-11-14-24-44(41)52(47,5)6/h9-33H,7-8H2,1-6H3. The first-order valence-corrected chi connectivity index (χ1v) is 19.8. The highest BCUT2D eigenvalue weighted by molar-refractivity contribution is 5.99. The number of para-hydroxylation sites is 1. The quantitative estimate of drug-likeness (QED) is 0.167. The number of anilines is 3. The summed E-state index contributed by atoms with van der Waals surface area (Å²) >= 11 is 0. The van der Waals surface area contributed by atoms with Crippen LogP contribution >= 0.6 is 0 Å². The molecule has 0 aliphatic heterocycles. The van der Waals surface area contributed by atoms with E-state index in [9.17, 15) is 0 Å². The Balaban J connectivity index is 1.24. The maximum Gasteiger partial charge on any atom is 0.0540 e. The van der Waals surface area contributed by atoms with Crippen LogP contribution in [0.2, 0.25) is 0 Å². The summed E-state index contributed by atoms with van der Waals surface area (Å²) in [7, 11) is 0. The molecule has 3 aliphatic carbocycles. The molecule has 0 aromatic heterocycles. The second-order valence-electron chi connectivity index (χ2n) is 16.7. The highest BCUT2D eigenvalue weighted by Gasteiger charge is 2.42. The van der Waals surface area contributed by atoms with Crippen LogP contribution in [-0.2, 0) is 16.2 Å². The van der Waals surface area contributed by atoms with Crippen LogP contribution in [-0.4, -0.2) is 0 Å². The third-order valence-corrected chi connectivity index (χ3v) is 13.6. The smallest absolute Gasteiger partial charge is 0.0540 e. The SMILES string of the molecule is CCC1(CC)c2ccccc2-c2ccc(N(c3ccc4c(c3)-c3ccccc3C4(C)C)c3ccccc3-c3cccc4c3-c3ccccc3C4(C)C)cc21. The monoisotopic (exact) mass is 697 g/mol. The molecule has 0 N–H and O–H groups in total. The first-order chi connectivity index (χ1) is 26.2. The molecule has 0 unspecified atom stereocenters. The molecule has 0 bridgehead atoms. The van der Waals surface area contributed by atoms with Gasteiger partial charge in [-0.05, 0) is 115 Å². The third kappa shape index (κ3) is 4.33. The molecule has 0 saturated carbocycles. The average Bonchev–Trinajstić information content (AvgIpc) is 3.72. The van der Waals surface area contributed by atoms with Gasteiger partial charge in [0.25, 0.3) is 0 Å². The van der Waals surface area contributed by atoms with Gasteiger partial charge in [0.2, 0.25) is 0 Å². The van der Waals surface area contributed by atoms with Gasteiger partial charge in [0.15, 0.2) is 0 Å². The van der Waals surface area contributed by atoms with Crippen molar-refractivity contribution in [2.45, 2.75) is 70.6 Å². The lowest BCUT2D eigenvalue weighted by atomic mass is 9.74. The van der Waals surface area contributed by atoms with Crippen LogP contribution in [0, 0.1) is 0 Å². The lowest BCUT2D eigenvalue weighted by molar-refractivity contribution is 0.490. The highest BCUT2D eigenvalue weighted by atomic mass is 15.1. The van der Waals surface area contributed by atoms with Crippen LogP contribution in [0.1, 0.15) is 87.8 Å². The van der Waals surface area contributed by atoms with Crippen molar-refractivity contribution >= 4 is 17.1 Å². The number of hydrogen-bond acceptors (Lipinski definition) is 1. The molecule has 0 atom stereocenters. The Morgan fingerprint density at radius 1 is 0.370 bits per heavy atom. The molecule has 10 rings (SSSR count). The Kier molecular flexibility index (Phi) is 7.12. The minimum absolute atomic E-state index is 0.0242. The molecular weight excluding hydrogens is 651 g/mol. The minimum atomic E-state index is -0.0740. The van der Waals surface area contributed by atoms with Crippen molar-refractivity contribution in [2.75, 3.05) is 4.90 Å². The minimum Gasteiger partial charge on any atom is -0.310 e. The van der Waals surface area contributed by atoms with E-state index in [1.807, 2.05) is 0 Å². The molecule has 7 aromatic carbocycles. The Bertz CT molecular complexity index is 2650. The van der Waals surface area contributed by atoms with Gasteiger partial charge in [-0.15, -0.1) is 0 Å². The maximum absolute atomic E-state index is 2.55. The van der Waals surface area contributed by atoms with Crippen molar-refractivity contribution in [3.8, 4) is 44.5 Å². The van der Waals surface area contributed by atoms with Crippen LogP contribution in [0.3, 0.4) is 0 Å². The molecule has 0 spiro atoms. The van der Waals surface area contributed by atoms with E-state index in [1.54, 1.807) is 0 Å². The average molecular weight is 698 g/mol. The first kappa shape index (κ1) is 32.9. The zero-order valence-electron chi connectivity index (χ0n) is 32.3. The predicted octanol–water partition coefficient (Wildman–Crippen LogP) is 14.5. The topological polar surface area (TPSA) is 3.24 Å². The molecule has 7 aromatic rings. The molecule has 0 radical (unpaired) electrons. The Morgan fingerprint density at radius 2 is 0.852 bits per heavy atom. The summed E-state index contributed by atoms with van der Waals surface area (Å²) in [6.45, 7) is 14.2. The van der Waals surface area contributed by atoms with Gasteiger partial charge in [-0.25, -0.2) is 0 Å². The Morgan fingerprint density at radius 3 is 1.57 bits per heavy atom. The van der Waals surface area contributed by atoms with Crippen LogP contribution in [0.4, 0.5) is 17.1 Å². The number of fused-ring (bicyclic) bond motifs is 9. The van der Waals surface area contributed by atoms with E-state index < -0.39 is 0 Å². The summed E-state index contributed by atoms with van der Waals surface area (Å²) in [5.41, 5.74) is 22.5. The van der Waals surface area contributed by atoms with E-state index in [4.69, 9.17) is 0 Å². The molecule has 1 nitrogen and oxygen atoms in total. The van der Waals surface area contributed by atoms with Gasteiger partial charge in [0, 0.05) is 33.2 Å². The van der Waals surface area contributed by atoms with Crippen molar-refractivity contribution in [1.29, 1.82) is 0 Å². The van der Waals surface area contributed by atoms with E-state index >= 15 is 0 Å². The maximum atomic E-state index is 2.55. The Labute approximate surface area is 321 Å². The molecule has 0 fully saturated rings. The Hall–Kier alpha value is -5.66. The second kappa shape index (κ2) is 11.7. The van der Waals surface area contributed by atoms with Crippen molar-refractivity contribution < 1.29 is 0 Å². The molecule has 1 heteroatoms. The van der Waals surface area contributed by atoms with Crippen LogP contribution in [0.15, 0.2) is 152 Å². The van der Waals surface area contributed by atoms with Gasteiger partial charge < -0.3 is 4.90 Å². The van der Waals surface area contributed by atoms with E-state index in [-0.39, 0.29) is 16.2 Å². The van der Waals surface area contributed by atoms with Crippen LogP contribution < -0.4 is 4.90 Å². The van der Waals surface area contributed by atoms with Crippen molar-refractivity contribution in [3.05, 3.63) is 185 Å². The fourth-order valence-corrected chi connectivity index (χ4v) is 10.7. The first-order valence-electron chi connectivity index (χ1n) is 19.8. The van der Waals surface area contributed by atoms with Gasteiger partial charge in [0.1, 0.15) is 0 Å². The summed E-state index contributed by atoms with van der Waals surface area (Å²) in [5.74, 6) is 0. The number of nitrogens with zero attached hydrogens (tertiary/aromatic N) is 1. The van der Waals surface area contributed by atoms with Crippen molar-refractivity contribution in [2.24, 2.45) is 0 Å². The van der Waals surface area contributed by atoms with E-state index in [0.29, 0.717) is 0 Å². The molecule has 264 valence electrons. The lowest BCUT2D eigenvalue weighted by Gasteiger charge is -2.33. The van der Waals surface area contributed by atoms with Gasteiger partial charge in [-0.2, -0.15) is 0 Å². The summed E-state index contributed by atoms with van der Waals surface area (Å²) in [6, 6.07) is 57.7. The highest BCUT2D eigenvalue weighted by Crippen LogP contribution is 2.57. The van der Waals surface area contributed by atoms with Crippen molar-refractivity contribution in [3.63, 3.8) is 0 Å². The van der Waals surface area contributed by atoms with Gasteiger partial charge in [-0.1, -0.05) is 163 Å². The molecule has 0 amide bonds. The molecule has 0 saturated heterocycles. The van der Waals surface area contributed by atoms with Crippen LogP contribution in [0.25, 0.3) is 44.5 Å². The summed E-state index contributed by atoms with van der Waals surface area (Å²) in [4.78, 5) is 2.55. The summed E-state index contributed by atoms with van der Waals surface area (Å²) in [6.07, 6.45) is 2.12. The lowest BCUT2D eigenvalue weighted by Crippen LogP contribution is -2.23. The number of benzene rings is 7. The molecule has 3 aliphatic rings. The predicted molar refractivity (Wildman–Crippen MR) is 228 cm³/mol. The number of rotatable bonds is 6. The van der Waals surface area contributed by atoms with Gasteiger partial charge in [-0.3, -0.25) is 0 Å². The fraction of sp³-hybridized carbons (Fsp3) is 0.208. The van der Waals surface area contributed by atoms with Gasteiger partial charge in [0.05, 0.1) is 5.69 Å². The zero-order chi connectivity index (χ0) is 37.0. The molecule has 0 heterocycles. The summed E-state index contributed by atoms with van der Waals surface area (Å²) in [5, 5.41) is 0. The fourth-order valence-electron chi connectivity index (χ4n) is 10.7. The molecular formula is C53H47N. The van der Waals surface area contributed by atoms with Crippen molar-refractivity contribution in [1.82, 2.24) is 0 Å². The zero-order valence-corrected chi connectivity index (χ0v) is 32.3. The van der Waals surface area contributed by atoms with Crippen LogP contribution in [0.5, 0.6) is 0 Å². The largest absolute Gasteiger partial charge is 0.310 e. The summed E-state index contributed by atoms with van der Waals surface area (Å²) < 4.78 is 0. The van der Waals surface area contributed by atoms with Gasteiger partial charge >= 0.3 is 0 Å². The van der Waals surface area contributed by atoms with E-state index in [2.05, 4.69) is 198 Å². The normalized spacial score (nSPS) is 15.8. The third-order valence-electron chi connectivity index (χ3n) is 13.6. The van der Waals surface area contributed by atoms with E-state index in [0.717, 1.165) is 12.8 Å². The number of hydrogen-bond donors (Lipinski definition) is 0.